The number of carbonyl (C=O) groups excluding carboxylic acids is 1. The largest absolute Gasteiger partial charge is 0.332 e. The molecular formula is C14H14N2O. The number of hydrogen-bond donors (Lipinski definition) is 0. The minimum Gasteiger partial charge on any atom is -0.332 e. The Bertz CT molecular complexity index is 466. The van der Waals surface area contributed by atoms with E-state index in [1.54, 1.807) is 30.3 Å². The van der Waals surface area contributed by atoms with Crippen LogP contribution in [0.3, 0.4) is 0 Å². The van der Waals surface area contributed by atoms with Crippen molar-refractivity contribution in [3.63, 3.8) is 0 Å². The molecule has 2 rings (SSSR count). The van der Waals surface area contributed by atoms with Gasteiger partial charge in [-0.3, -0.25) is 4.79 Å². The Morgan fingerprint density at radius 1 is 1.47 bits per heavy atom. The molecule has 0 bridgehead atoms. The van der Waals surface area contributed by atoms with Crippen molar-refractivity contribution in [3.05, 3.63) is 48.0 Å². The minimum absolute atomic E-state index is 0.0249. The third-order valence-electron chi connectivity index (χ3n) is 2.84. The van der Waals surface area contributed by atoms with E-state index in [9.17, 15) is 4.79 Å². The molecule has 3 heteroatoms. The lowest BCUT2D eigenvalue weighted by atomic mass is 10.1. The molecule has 1 amide bonds. The van der Waals surface area contributed by atoms with Gasteiger partial charge in [0.05, 0.1) is 11.6 Å². The van der Waals surface area contributed by atoms with E-state index in [0.29, 0.717) is 23.7 Å². The molecule has 3 nitrogen and oxygen atoms in total. The van der Waals surface area contributed by atoms with Crippen LogP contribution >= 0.6 is 0 Å². The molecule has 0 unspecified atom stereocenters. The Morgan fingerprint density at radius 3 is 2.59 bits per heavy atom. The molecular weight excluding hydrogens is 212 g/mol. The van der Waals surface area contributed by atoms with Gasteiger partial charge < -0.3 is 4.90 Å². The average Bonchev–Trinajstić information content (AvgIpc) is 3.19. The Balaban J connectivity index is 2.16. The zero-order chi connectivity index (χ0) is 12.3. The Hall–Kier alpha value is -2.08. The second kappa shape index (κ2) is 4.84. The minimum atomic E-state index is 0.0249. The van der Waals surface area contributed by atoms with Crippen molar-refractivity contribution in [2.75, 3.05) is 6.54 Å². The highest BCUT2D eigenvalue weighted by molar-refractivity contribution is 5.94. The van der Waals surface area contributed by atoms with Crippen LogP contribution in [-0.2, 0) is 0 Å². The third-order valence-corrected chi connectivity index (χ3v) is 2.84. The molecule has 0 heterocycles. The second-order valence-corrected chi connectivity index (χ2v) is 4.17. The van der Waals surface area contributed by atoms with Gasteiger partial charge in [0.15, 0.2) is 0 Å². The summed E-state index contributed by atoms with van der Waals surface area (Å²) >= 11 is 0. The molecule has 0 spiro atoms. The predicted molar refractivity (Wildman–Crippen MR) is 65.4 cm³/mol. The van der Waals surface area contributed by atoms with Gasteiger partial charge >= 0.3 is 0 Å². The first-order valence-electron chi connectivity index (χ1n) is 5.68. The SMILES string of the molecule is C=CCN(C(=O)c1ccc(C#N)cc1)C1CC1. The summed E-state index contributed by atoms with van der Waals surface area (Å²) in [6.07, 6.45) is 3.91. The first kappa shape index (κ1) is 11.4. The van der Waals surface area contributed by atoms with E-state index in [1.807, 2.05) is 11.0 Å². The summed E-state index contributed by atoms with van der Waals surface area (Å²) in [7, 11) is 0. The number of carbonyl (C=O) groups is 1. The van der Waals surface area contributed by atoms with Crippen LogP contribution in [0.4, 0.5) is 0 Å². The normalized spacial score (nSPS) is 13.8. The molecule has 17 heavy (non-hydrogen) atoms. The van der Waals surface area contributed by atoms with E-state index < -0.39 is 0 Å². The van der Waals surface area contributed by atoms with Gasteiger partial charge in [-0.05, 0) is 37.1 Å². The van der Waals surface area contributed by atoms with Crippen LogP contribution in [0.15, 0.2) is 36.9 Å². The molecule has 0 atom stereocenters. The van der Waals surface area contributed by atoms with E-state index in [2.05, 4.69) is 6.58 Å². The van der Waals surface area contributed by atoms with Gasteiger partial charge in [-0.1, -0.05) is 6.08 Å². The summed E-state index contributed by atoms with van der Waals surface area (Å²) in [5.41, 5.74) is 1.21. The number of rotatable bonds is 4. The number of hydrogen-bond acceptors (Lipinski definition) is 2. The molecule has 0 saturated heterocycles. The van der Waals surface area contributed by atoms with Crippen LogP contribution in [0.25, 0.3) is 0 Å². The van der Waals surface area contributed by atoms with Gasteiger partial charge in [0, 0.05) is 18.2 Å². The van der Waals surface area contributed by atoms with Crippen molar-refractivity contribution in [1.29, 1.82) is 5.26 Å². The van der Waals surface area contributed by atoms with E-state index in [0.717, 1.165) is 12.8 Å². The number of nitriles is 1. The van der Waals surface area contributed by atoms with Gasteiger partial charge in [0.25, 0.3) is 5.91 Å². The smallest absolute Gasteiger partial charge is 0.254 e. The molecule has 1 aromatic carbocycles. The first-order chi connectivity index (χ1) is 8.26. The lowest BCUT2D eigenvalue weighted by molar-refractivity contribution is 0.0762. The highest BCUT2D eigenvalue weighted by atomic mass is 16.2. The van der Waals surface area contributed by atoms with Gasteiger partial charge in [-0.25, -0.2) is 0 Å². The third kappa shape index (κ3) is 2.54. The van der Waals surface area contributed by atoms with E-state index >= 15 is 0 Å². The van der Waals surface area contributed by atoms with Gasteiger partial charge in [0.1, 0.15) is 0 Å². The molecule has 0 radical (unpaired) electrons. The lowest BCUT2D eigenvalue weighted by Gasteiger charge is -2.20. The van der Waals surface area contributed by atoms with Crippen molar-refractivity contribution >= 4 is 5.91 Å². The van der Waals surface area contributed by atoms with Crippen molar-refractivity contribution in [3.8, 4) is 6.07 Å². The predicted octanol–water partition coefficient (Wildman–Crippen LogP) is 2.35. The van der Waals surface area contributed by atoms with Crippen molar-refractivity contribution in [1.82, 2.24) is 4.90 Å². The number of benzene rings is 1. The van der Waals surface area contributed by atoms with Gasteiger partial charge in [-0.2, -0.15) is 5.26 Å². The fraction of sp³-hybridized carbons (Fsp3) is 0.286. The number of nitrogens with zero attached hydrogens (tertiary/aromatic N) is 2. The molecule has 1 aromatic rings. The van der Waals surface area contributed by atoms with E-state index in [1.165, 1.54) is 0 Å². The highest BCUT2D eigenvalue weighted by Gasteiger charge is 2.32. The lowest BCUT2D eigenvalue weighted by Crippen LogP contribution is -2.33. The van der Waals surface area contributed by atoms with E-state index in [4.69, 9.17) is 5.26 Å². The summed E-state index contributed by atoms with van der Waals surface area (Å²) in [5, 5.41) is 8.70. The van der Waals surface area contributed by atoms with Crippen LogP contribution < -0.4 is 0 Å². The summed E-state index contributed by atoms with van der Waals surface area (Å²) in [6.45, 7) is 4.26. The fourth-order valence-electron chi connectivity index (χ4n) is 1.78. The zero-order valence-electron chi connectivity index (χ0n) is 9.60. The highest BCUT2D eigenvalue weighted by Crippen LogP contribution is 2.28. The average molecular weight is 226 g/mol. The first-order valence-corrected chi connectivity index (χ1v) is 5.68. The molecule has 0 N–H and O–H groups in total. The second-order valence-electron chi connectivity index (χ2n) is 4.17. The van der Waals surface area contributed by atoms with Gasteiger partial charge in [-0.15, -0.1) is 6.58 Å². The maximum absolute atomic E-state index is 12.2. The van der Waals surface area contributed by atoms with Crippen LogP contribution in [0.2, 0.25) is 0 Å². The Labute approximate surface area is 101 Å². The summed E-state index contributed by atoms with van der Waals surface area (Å²) in [4.78, 5) is 14.1. The van der Waals surface area contributed by atoms with Crippen molar-refractivity contribution in [2.24, 2.45) is 0 Å². The van der Waals surface area contributed by atoms with E-state index in [-0.39, 0.29) is 5.91 Å². The fourth-order valence-corrected chi connectivity index (χ4v) is 1.78. The Morgan fingerprint density at radius 2 is 2.12 bits per heavy atom. The number of amides is 1. The van der Waals surface area contributed by atoms with Gasteiger partial charge in [0.2, 0.25) is 0 Å². The maximum Gasteiger partial charge on any atom is 0.254 e. The molecule has 1 fully saturated rings. The van der Waals surface area contributed by atoms with Crippen LogP contribution in [0.5, 0.6) is 0 Å². The maximum atomic E-state index is 12.2. The molecule has 0 aromatic heterocycles. The molecule has 1 aliphatic carbocycles. The zero-order valence-corrected chi connectivity index (χ0v) is 9.60. The standard InChI is InChI=1S/C14H14N2O/c1-2-9-16(13-7-8-13)14(17)12-5-3-11(10-15)4-6-12/h2-6,13H,1,7-9H2. The Kier molecular flexibility index (Phi) is 3.24. The quantitative estimate of drug-likeness (QED) is 0.740. The van der Waals surface area contributed by atoms with Crippen LogP contribution in [0.1, 0.15) is 28.8 Å². The van der Waals surface area contributed by atoms with Crippen molar-refractivity contribution < 1.29 is 4.79 Å². The monoisotopic (exact) mass is 226 g/mol. The summed E-state index contributed by atoms with van der Waals surface area (Å²) in [5.74, 6) is 0.0249. The molecule has 1 aliphatic rings. The summed E-state index contributed by atoms with van der Waals surface area (Å²) < 4.78 is 0. The molecule has 86 valence electrons. The molecule has 1 saturated carbocycles. The molecule has 0 aliphatic heterocycles. The topological polar surface area (TPSA) is 44.1 Å². The van der Waals surface area contributed by atoms with Crippen molar-refractivity contribution in [2.45, 2.75) is 18.9 Å². The summed E-state index contributed by atoms with van der Waals surface area (Å²) in [6, 6.07) is 9.17. The van der Waals surface area contributed by atoms with Crippen LogP contribution in [-0.4, -0.2) is 23.4 Å². The van der Waals surface area contributed by atoms with Crippen LogP contribution in [0, 0.1) is 11.3 Å².